The average molecular weight is 159 g/mol. The summed E-state index contributed by atoms with van der Waals surface area (Å²) >= 11 is 2.78. The van der Waals surface area contributed by atoms with Crippen molar-refractivity contribution in [2.24, 2.45) is 0 Å². The van der Waals surface area contributed by atoms with Crippen LogP contribution in [-0.4, -0.2) is 7.11 Å². The van der Waals surface area contributed by atoms with E-state index in [1.165, 1.54) is 12.1 Å². The van der Waals surface area contributed by atoms with E-state index < -0.39 is 0 Å². The molecule has 0 fully saturated rings. The largest absolute Gasteiger partial charge is 1.00 e. The topological polar surface area (TPSA) is 32.3 Å². The molecule has 0 aliphatic carbocycles. The van der Waals surface area contributed by atoms with E-state index in [0.717, 1.165) is 0 Å². The maximum Gasteiger partial charge on any atom is 1.00 e. The second kappa shape index (κ2) is 6.42. The molecule has 0 bridgehead atoms. The van der Waals surface area contributed by atoms with Gasteiger partial charge in [-0.15, -0.1) is 0 Å². The molecule has 0 aromatic carbocycles. The number of hydrogen-bond donors (Lipinski definition) is 0. The van der Waals surface area contributed by atoms with Crippen LogP contribution in [0.15, 0.2) is 10.9 Å². The third kappa shape index (κ3) is 6.42. The molecule has 0 radical (unpaired) electrons. The smallest absolute Gasteiger partial charge is 0.616 e. The maximum absolute atomic E-state index is 9.86. The molecule has 2 nitrogen and oxygen atoms in total. The molecule has 36 valence electrons. The van der Waals surface area contributed by atoms with Crippen LogP contribution in [0.3, 0.4) is 0 Å². The van der Waals surface area contributed by atoms with E-state index in [0.29, 0.717) is 0 Å². The third-order valence-electron chi connectivity index (χ3n) is 0.290. The molecule has 0 saturated heterocycles. The Labute approximate surface area is 62.9 Å². The first-order valence-corrected chi connectivity index (χ1v) is 2.24. The summed E-state index contributed by atoms with van der Waals surface area (Å²) in [6.07, 6.45) is 0. The van der Waals surface area contributed by atoms with Crippen LogP contribution in [0.5, 0.6) is 0 Å². The first-order valence-electron chi connectivity index (χ1n) is 1.32. The van der Waals surface area contributed by atoms with Crippen LogP contribution in [0.25, 0.3) is 0 Å². The van der Waals surface area contributed by atoms with E-state index in [1.807, 2.05) is 0 Å². The zero-order valence-electron chi connectivity index (χ0n) is 4.27. The monoisotopic (exact) mass is 158 g/mol. The Morgan fingerprint density at radius 1 is 1.86 bits per heavy atom. The molecule has 0 saturated carbocycles. The van der Waals surface area contributed by atoms with Gasteiger partial charge in [0.05, 0.1) is 5.95 Å². The molecule has 0 rings (SSSR count). The molecule has 0 heterocycles. The van der Waals surface area contributed by atoms with Crippen LogP contribution in [0.4, 0.5) is 0 Å². The van der Waals surface area contributed by atoms with Crippen LogP contribution in [-0.2, 0) is 4.74 Å². The van der Waals surface area contributed by atoms with Gasteiger partial charge in [0.2, 0.25) is 0 Å². The fourth-order valence-electron chi connectivity index (χ4n) is 0.0445. The minimum atomic E-state index is -0.366. The van der Waals surface area contributed by atoms with E-state index in [1.54, 1.807) is 0 Å². The number of halogens is 1. The van der Waals surface area contributed by atoms with Gasteiger partial charge in [0, 0.05) is 4.99 Å². The fourth-order valence-corrected chi connectivity index (χ4v) is 0.231. The van der Waals surface area contributed by atoms with E-state index in [2.05, 4.69) is 20.7 Å². The van der Waals surface area contributed by atoms with Crippen molar-refractivity contribution >= 4 is 15.9 Å². The van der Waals surface area contributed by atoms with Crippen LogP contribution in [0.2, 0.25) is 0 Å². The molecule has 0 aromatic rings. The predicted molar refractivity (Wildman–Crippen MR) is 24.0 cm³/mol. The molecule has 0 spiro atoms. The number of methoxy groups -OCH3 is 1. The molecule has 0 aromatic heterocycles. The summed E-state index contributed by atoms with van der Waals surface area (Å²) in [7, 11) is 1.32. The molecule has 0 aliphatic rings. The standard InChI is InChI=1S/C3H5BrO2.Li/c1-6-3(5)2-4;/h2,5H,1H3;/q;+1/p-1/b3-2-;. The van der Waals surface area contributed by atoms with Gasteiger partial charge in [-0.3, -0.25) is 0 Å². The Kier molecular flexibility index (Phi) is 9.54. The molecule has 0 amide bonds. The Bertz CT molecular complexity index is 64.0. The van der Waals surface area contributed by atoms with E-state index >= 15 is 0 Å². The number of ether oxygens (including phenoxy) is 1. The maximum atomic E-state index is 9.86. The summed E-state index contributed by atoms with van der Waals surface area (Å²) in [4.78, 5) is 1.17. The summed E-state index contributed by atoms with van der Waals surface area (Å²) in [6, 6.07) is 0. The van der Waals surface area contributed by atoms with Gasteiger partial charge >= 0.3 is 18.9 Å². The van der Waals surface area contributed by atoms with Crippen molar-refractivity contribution in [2.45, 2.75) is 0 Å². The molecular weight excluding hydrogens is 155 g/mol. The number of hydrogen-bond acceptors (Lipinski definition) is 2. The molecule has 0 atom stereocenters. The number of rotatable bonds is 1. The summed E-state index contributed by atoms with van der Waals surface area (Å²) in [5.41, 5.74) is 0. The minimum absolute atomic E-state index is 0. The quantitative estimate of drug-likeness (QED) is 0.305. The van der Waals surface area contributed by atoms with E-state index in [4.69, 9.17) is 0 Å². The van der Waals surface area contributed by atoms with Crippen molar-refractivity contribution in [3.8, 4) is 0 Å². The van der Waals surface area contributed by atoms with Gasteiger partial charge in [-0.1, -0.05) is 15.9 Å². The molecular formula is C3H4BrLiO2. The van der Waals surface area contributed by atoms with Gasteiger partial charge < -0.3 is 9.84 Å². The van der Waals surface area contributed by atoms with Crippen molar-refractivity contribution in [3.63, 3.8) is 0 Å². The summed E-state index contributed by atoms with van der Waals surface area (Å²) in [6.45, 7) is 0. The van der Waals surface area contributed by atoms with Crippen molar-refractivity contribution < 1.29 is 28.7 Å². The Morgan fingerprint density at radius 3 is 2.29 bits per heavy atom. The van der Waals surface area contributed by atoms with Gasteiger partial charge in [0.15, 0.2) is 0 Å². The summed E-state index contributed by atoms with van der Waals surface area (Å²) in [5, 5.41) is 9.86. The third-order valence-corrected chi connectivity index (χ3v) is 0.664. The van der Waals surface area contributed by atoms with E-state index in [9.17, 15) is 5.11 Å². The SMILES string of the molecule is CO/C([O-])=C\Br.[Li+]. The molecule has 0 aliphatic heterocycles. The molecule has 0 N–H and O–H groups in total. The predicted octanol–water partition coefficient (Wildman–Crippen LogP) is -2.81. The van der Waals surface area contributed by atoms with Crippen LogP contribution in [0, 0.1) is 0 Å². The second-order valence-corrected chi connectivity index (χ2v) is 1.09. The van der Waals surface area contributed by atoms with Gasteiger partial charge in [-0.25, -0.2) is 0 Å². The summed E-state index contributed by atoms with van der Waals surface area (Å²) < 4.78 is 4.16. The van der Waals surface area contributed by atoms with Crippen molar-refractivity contribution in [1.82, 2.24) is 0 Å². The van der Waals surface area contributed by atoms with Crippen molar-refractivity contribution in [3.05, 3.63) is 10.9 Å². The Balaban J connectivity index is 0. The minimum Gasteiger partial charge on any atom is -0.616 e. The van der Waals surface area contributed by atoms with Gasteiger partial charge in [0.1, 0.15) is 0 Å². The fraction of sp³-hybridized carbons (Fsp3) is 0.333. The second-order valence-electron chi connectivity index (χ2n) is 0.632. The zero-order valence-corrected chi connectivity index (χ0v) is 5.86. The first kappa shape index (κ1) is 10.4. The van der Waals surface area contributed by atoms with Crippen molar-refractivity contribution in [1.29, 1.82) is 0 Å². The normalized spacial score (nSPS) is 9.71. The molecule has 0 unspecified atom stereocenters. The van der Waals surface area contributed by atoms with Crippen LogP contribution >= 0.6 is 15.9 Å². The molecule has 7 heavy (non-hydrogen) atoms. The van der Waals surface area contributed by atoms with Gasteiger partial charge in [-0.05, 0) is 7.11 Å². The Hall–Kier alpha value is 0.417. The van der Waals surface area contributed by atoms with Gasteiger partial charge in [-0.2, -0.15) is 0 Å². The Morgan fingerprint density at radius 2 is 2.29 bits per heavy atom. The van der Waals surface area contributed by atoms with Crippen molar-refractivity contribution in [2.75, 3.05) is 7.11 Å². The summed E-state index contributed by atoms with van der Waals surface area (Å²) in [5.74, 6) is -0.366. The first-order chi connectivity index (χ1) is 2.81. The average Bonchev–Trinajstić information content (AvgIpc) is 1.65. The van der Waals surface area contributed by atoms with Crippen LogP contribution < -0.4 is 24.0 Å². The zero-order chi connectivity index (χ0) is 4.99. The van der Waals surface area contributed by atoms with Gasteiger partial charge in [0.25, 0.3) is 0 Å². The van der Waals surface area contributed by atoms with E-state index in [-0.39, 0.29) is 24.8 Å². The molecule has 4 heteroatoms. The van der Waals surface area contributed by atoms with Crippen LogP contribution in [0.1, 0.15) is 0 Å².